The molecule has 3 N–H and O–H groups in total. The van der Waals surface area contributed by atoms with Crippen molar-refractivity contribution in [3.63, 3.8) is 0 Å². The van der Waals surface area contributed by atoms with E-state index < -0.39 is 5.69 Å². The first-order valence-corrected chi connectivity index (χ1v) is 7.79. The lowest BCUT2D eigenvalue weighted by Gasteiger charge is -2.08. The number of hydrogen-bond donors (Lipinski definition) is 3. The quantitative estimate of drug-likeness (QED) is 0.572. The highest BCUT2D eigenvalue weighted by Crippen LogP contribution is 2.19. The van der Waals surface area contributed by atoms with Crippen LogP contribution in [0.4, 0.5) is 11.4 Å². The molecule has 2 amide bonds. The third kappa shape index (κ3) is 5.26. The molecular weight excluding hydrogens is 316 g/mol. The molecule has 8 heteroatoms. The Hall–Kier alpha value is -2.61. The summed E-state index contributed by atoms with van der Waals surface area (Å²) in [5, 5.41) is 6.01. The Bertz CT molecular complexity index is 788. The number of carbonyl (C=O) groups excluding carboxylic acids is 2. The molecule has 0 saturated carbocycles. The first-order chi connectivity index (χ1) is 10.9. The zero-order valence-electron chi connectivity index (χ0n) is 12.7. The monoisotopic (exact) mass is 332 g/mol. The van der Waals surface area contributed by atoms with Crippen molar-refractivity contribution in [3.05, 3.63) is 46.5 Å². The summed E-state index contributed by atoms with van der Waals surface area (Å²) in [5.41, 5.74) is 1.55. The smallest absolute Gasteiger partial charge is 0.326 e. The van der Waals surface area contributed by atoms with Crippen molar-refractivity contribution in [3.8, 4) is 0 Å². The van der Waals surface area contributed by atoms with Gasteiger partial charge in [0, 0.05) is 24.5 Å². The number of aromatic nitrogens is 2. The van der Waals surface area contributed by atoms with Crippen molar-refractivity contribution in [1.29, 1.82) is 0 Å². The van der Waals surface area contributed by atoms with Gasteiger partial charge in [0.25, 0.3) is 0 Å². The van der Waals surface area contributed by atoms with Crippen LogP contribution in [0.25, 0.3) is 0 Å². The van der Waals surface area contributed by atoms with Crippen molar-refractivity contribution >= 4 is 35.0 Å². The second kappa shape index (κ2) is 7.59. The van der Waals surface area contributed by atoms with Crippen LogP contribution in [0.3, 0.4) is 0 Å². The van der Waals surface area contributed by atoms with Crippen molar-refractivity contribution in [2.45, 2.75) is 18.9 Å². The van der Waals surface area contributed by atoms with Gasteiger partial charge in [-0.05, 0) is 30.7 Å². The van der Waals surface area contributed by atoms with Crippen molar-refractivity contribution in [2.75, 3.05) is 16.4 Å². The summed E-state index contributed by atoms with van der Waals surface area (Å²) in [5.74, 6) is -0.251. The van der Waals surface area contributed by atoms with Crippen LogP contribution in [0.15, 0.2) is 40.3 Å². The van der Waals surface area contributed by atoms with E-state index in [1.54, 1.807) is 31.2 Å². The number of rotatable bonds is 5. The second-order valence-electron chi connectivity index (χ2n) is 4.80. The molecule has 0 radical (unpaired) electrons. The number of aromatic amines is 1. The molecule has 1 aromatic carbocycles. The lowest BCUT2D eigenvalue weighted by atomic mass is 10.2. The van der Waals surface area contributed by atoms with Crippen LogP contribution >= 0.6 is 11.8 Å². The van der Waals surface area contributed by atoms with E-state index in [-0.39, 0.29) is 17.6 Å². The maximum Gasteiger partial charge on any atom is 0.345 e. The molecule has 0 aliphatic rings. The highest BCUT2D eigenvalue weighted by atomic mass is 32.2. The van der Waals surface area contributed by atoms with Crippen LogP contribution in [0, 0.1) is 6.92 Å². The predicted molar refractivity (Wildman–Crippen MR) is 89.7 cm³/mol. The topological polar surface area (TPSA) is 104 Å². The van der Waals surface area contributed by atoms with Crippen LogP contribution in [-0.4, -0.2) is 27.5 Å². The molecule has 0 aliphatic heterocycles. The summed E-state index contributed by atoms with van der Waals surface area (Å²) in [6, 6.07) is 6.87. The average Bonchev–Trinajstić information content (AvgIpc) is 2.48. The normalized spacial score (nSPS) is 10.2. The van der Waals surface area contributed by atoms with E-state index in [0.29, 0.717) is 16.4 Å². The summed E-state index contributed by atoms with van der Waals surface area (Å²) in [4.78, 5) is 40.4. The van der Waals surface area contributed by atoms with E-state index in [0.717, 1.165) is 5.56 Å². The zero-order valence-corrected chi connectivity index (χ0v) is 13.5. The van der Waals surface area contributed by atoms with Crippen LogP contribution in [0.1, 0.15) is 12.5 Å². The third-order valence-corrected chi connectivity index (χ3v) is 3.89. The predicted octanol–water partition coefficient (Wildman–Crippen LogP) is 1.77. The first-order valence-electron chi connectivity index (χ1n) is 6.80. The molecule has 0 aliphatic carbocycles. The number of amides is 2. The molecule has 2 aromatic rings. The lowest BCUT2D eigenvalue weighted by molar-refractivity contribution is -0.114. The first kappa shape index (κ1) is 16.8. The molecule has 0 bridgehead atoms. The molecule has 0 saturated heterocycles. The van der Waals surface area contributed by atoms with Gasteiger partial charge in [-0.25, -0.2) is 9.78 Å². The van der Waals surface area contributed by atoms with Gasteiger partial charge in [-0.3, -0.25) is 9.59 Å². The number of benzene rings is 1. The second-order valence-corrected chi connectivity index (χ2v) is 5.78. The largest absolute Gasteiger partial charge is 0.345 e. The SMILES string of the molecule is CC(=O)Nc1cccc(NC(=O)CSc2[nH]c(=O)ncc2C)c1. The maximum atomic E-state index is 12.0. The molecule has 120 valence electrons. The van der Waals surface area contributed by atoms with Gasteiger partial charge in [0.1, 0.15) is 0 Å². The van der Waals surface area contributed by atoms with Gasteiger partial charge in [-0.15, -0.1) is 0 Å². The molecule has 7 nitrogen and oxygen atoms in total. The number of nitrogens with zero attached hydrogens (tertiary/aromatic N) is 1. The van der Waals surface area contributed by atoms with Gasteiger partial charge in [0.05, 0.1) is 10.8 Å². The maximum absolute atomic E-state index is 12.0. The molecule has 1 aromatic heterocycles. The van der Waals surface area contributed by atoms with Crippen molar-refractivity contribution in [1.82, 2.24) is 9.97 Å². The molecule has 2 rings (SSSR count). The summed E-state index contributed by atoms with van der Waals surface area (Å²) in [6.07, 6.45) is 1.47. The Balaban J connectivity index is 1.96. The van der Waals surface area contributed by atoms with E-state index in [4.69, 9.17) is 0 Å². The summed E-state index contributed by atoms with van der Waals surface area (Å²) >= 11 is 1.23. The van der Waals surface area contributed by atoms with E-state index in [9.17, 15) is 14.4 Å². The molecular formula is C15H16N4O3S. The number of hydrogen-bond acceptors (Lipinski definition) is 5. The minimum atomic E-state index is -0.443. The van der Waals surface area contributed by atoms with E-state index in [1.165, 1.54) is 24.9 Å². The Morgan fingerprint density at radius 3 is 2.65 bits per heavy atom. The minimum absolute atomic E-state index is 0.144. The number of H-pyrrole nitrogens is 1. The lowest BCUT2D eigenvalue weighted by Crippen LogP contribution is -2.16. The fourth-order valence-electron chi connectivity index (χ4n) is 1.80. The van der Waals surface area contributed by atoms with E-state index >= 15 is 0 Å². The standard InChI is InChI=1S/C15H16N4O3S/c1-9-7-16-15(22)19-14(9)23-8-13(21)18-12-5-3-4-11(6-12)17-10(2)20/h3-7H,8H2,1-2H3,(H,17,20)(H,18,21)(H,16,19,22). The number of aryl methyl sites for hydroxylation is 1. The zero-order chi connectivity index (χ0) is 16.8. The molecule has 0 atom stereocenters. The molecule has 0 fully saturated rings. The fourth-order valence-corrected chi connectivity index (χ4v) is 2.59. The number of anilines is 2. The highest BCUT2D eigenvalue weighted by molar-refractivity contribution is 8.00. The van der Waals surface area contributed by atoms with Gasteiger partial charge in [-0.2, -0.15) is 0 Å². The molecule has 0 spiro atoms. The Morgan fingerprint density at radius 2 is 1.96 bits per heavy atom. The fraction of sp³-hybridized carbons (Fsp3) is 0.200. The molecule has 0 unspecified atom stereocenters. The Kier molecular flexibility index (Phi) is 5.53. The van der Waals surface area contributed by atoms with Gasteiger partial charge >= 0.3 is 5.69 Å². The Morgan fingerprint density at radius 1 is 1.26 bits per heavy atom. The average molecular weight is 332 g/mol. The van der Waals surface area contributed by atoms with Crippen molar-refractivity contribution in [2.24, 2.45) is 0 Å². The Labute approximate surface area is 136 Å². The van der Waals surface area contributed by atoms with Gasteiger partial charge in [0.2, 0.25) is 11.8 Å². The number of nitrogens with one attached hydrogen (secondary N) is 3. The van der Waals surface area contributed by atoms with Crippen LogP contribution in [0.2, 0.25) is 0 Å². The highest BCUT2D eigenvalue weighted by Gasteiger charge is 2.07. The van der Waals surface area contributed by atoms with E-state index in [1.807, 2.05) is 0 Å². The van der Waals surface area contributed by atoms with Crippen LogP contribution in [0.5, 0.6) is 0 Å². The summed E-state index contributed by atoms with van der Waals surface area (Å²) < 4.78 is 0. The third-order valence-electron chi connectivity index (χ3n) is 2.77. The minimum Gasteiger partial charge on any atom is -0.326 e. The van der Waals surface area contributed by atoms with Gasteiger partial charge in [-0.1, -0.05) is 17.8 Å². The van der Waals surface area contributed by atoms with Gasteiger partial charge < -0.3 is 15.6 Å². The molecule has 1 heterocycles. The van der Waals surface area contributed by atoms with Crippen LogP contribution < -0.4 is 16.3 Å². The van der Waals surface area contributed by atoms with E-state index in [2.05, 4.69) is 20.6 Å². The number of thioether (sulfide) groups is 1. The van der Waals surface area contributed by atoms with Crippen LogP contribution in [-0.2, 0) is 9.59 Å². The number of carbonyl (C=O) groups is 2. The summed E-state index contributed by atoms with van der Waals surface area (Å²) in [7, 11) is 0. The summed E-state index contributed by atoms with van der Waals surface area (Å²) in [6.45, 7) is 3.22. The van der Waals surface area contributed by atoms with Crippen molar-refractivity contribution < 1.29 is 9.59 Å². The molecule has 23 heavy (non-hydrogen) atoms. The van der Waals surface area contributed by atoms with Gasteiger partial charge in [0.15, 0.2) is 0 Å².